The van der Waals surface area contributed by atoms with Gasteiger partial charge < -0.3 is 5.43 Å². The van der Waals surface area contributed by atoms with Gasteiger partial charge >= 0.3 is 0 Å². The van der Waals surface area contributed by atoms with Crippen molar-refractivity contribution in [2.75, 3.05) is 5.43 Å². The molecule has 0 aliphatic carbocycles. The van der Waals surface area contributed by atoms with Crippen molar-refractivity contribution in [1.29, 1.82) is 0 Å². The summed E-state index contributed by atoms with van der Waals surface area (Å²) in [4.78, 5) is 12.0. The second kappa shape index (κ2) is 4.60. The van der Waals surface area contributed by atoms with Crippen molar-refractivity contribution in [1.82, 2.24) is 15.0 Å². The zero-order valence-electron chi connectivity index (χ0n) is 8.91. The Labute approximate surface area is 102 Å². The van der Waals surface area contributed by atoms with E-state index >= 15 is 0 Å². The van der Waals surface area contributed by atoms with E-state index in [1.807, 2.05) is 0 Å². The highest BCUT2D eigenvalue weighted by atomic mass is 35.5. The molecule has 2 heterocycles. The van der Waals surface area contributed by atoms with Gasteiger partial charge in [-0.25, -0.2) is 20.2 Å². The second-order valence-corrected chi connectivity index (χ2v) is 3.74. The van der Waals surface area contributed by atoms with Gasteiger partial charge in [-0.15, -0.1) is 0 Å². The van der Waals surface area contributed by atoms with Gasteiger partial charge in [0, 0.05) is 6.20 Å². The van der Waals surface area contributed by atoms with E-state index in [1.165, 1.54) is 13.1 Å². The third-order valence-electron chi connectivity index (χ3n) is 2.11. The molecular weight excluding hydrogens is 245 g/mol. The van der Waals surface area contributed by atoms with E-state index in [0.29, 0.717) is 10.7 Å². The van der Waals surface area contributed by atoms with Gasteiger partial charge in [0.2, 0.25) is 0 Å². The SMILES string of the molecule is Cc1nc(-c2ccc(Cl)cn2)nc(NN)c1F. The summed E-state index contributed by atoms with van der Waals surface area (Å²) >= 11 is 5.72. The van der Waals surface area contributed by atoms with E-state index in [0.717, 1.165) is 0 Å². The molecule has 0 unspecified atom stereocenters. The molecule has 0 amide bonds. The van der Waals surface area contributed by atoms with Gasteiger partial charge in [0.05, 0.1) is 10.7 Å². The number of nitrogens with one attached hydrogen (secondary N) is 1. The highest BCUT2D eigenvalue weighted by Crippen LogP contribution is 2.19. The molecule has 0 bridgehead atoms. The molecule has 5 nitrogen and oxygen atoms in total. The van der Waals surface area contributed by atoms with Gasteiger partial charge in [-0.1, -0.05) is 11.6 Å². The predicted molar refractivity (Wildman–Crippen MR) is 62.8 cm³/mol. The quantitative estimate of drug-likeness (QED) is 0.632. The summed E-state index contributed by atoms with van der Waals surface area (Å²) in [6.07, 6.45) is 1.47. The van der Waals surface area contributed by atoms with Crippen molar-refractivity contribution in [3.8, 4) is 11.5 Å². The Morgan fingerprint density at radius 3 is 2.71 bits per heavy atom. The van der Waals surface area contributed by atoms with Gasteiger partial charge in [0.1, 0.15) is 5.69 Å². The molecule has 0 fully saturated rings. The highest BCUT2D eigenvalue weighted by Gasteiger charge is 2.12. The number of aromatic nitrogens is 3. The van der Waals surface area contributed by atoms with Crippen LogP contribution in [0, 0.1) is 12.7 Å². The molecule has 0 aromatic carbocycles. The fraction of sp³-hybridized carbons (Fsp3) is 0.100. The van der Waals surface area contributed by atoms with Crippen LogP contribution in [0.2, 0.25) is 5.02 Å². The van der Waals surface area contributed by atoms with Crippen LogP contribution in [0.4, 0.5) is 10.2 Å². The van der Waals surface area contributed by atoms with E-state index in [9.17, 15) is 4.39 Å². The summed E-state index contributed by atoms with van der Waals surface area (Å²) in [5.41, 5.74) is 2.87. The number of hydrazine groups is 1. The molecule has 3 N–H and O–H groups in total. The van der Waals surface area contributed by atoms with Crippen molar-refractivity contribution in [2.45, 2.75) is 6.92 Å². The lowest BCUT2D eigenvalue weighted by atomic mass is 10.3. The zero-order chi connectivity index (χ0) is 12.4. The summed E-state index contributed by atoms with van der Waals surface area (Å²) in [5, 5.41) is 0.504. The lowest BCUT2D eigenvalue weighted by Gasteiger charge is -2.06. The van der Waals surface area contributed by atoms with E-state index in [2.05, 4.69) is 20.4 Å². The number of aryl methyl sites for hydroxylation is 1. The first-order valence-electron chi connectivity index (χ1n) is 4.74. The number of pyridine rings is 1. The van der Waals surface area contributed by atoms with Crippen LogP contribution in [-0.4, -0.2) is 15.0 Å². The highest BCUT2D eigenvalue weighted by molar-refractivity contribution is 6.30. The molecule has 0 saturated heterocycles. The maximum absolute atomic E-state index is 13.5. The van der Waals surface area contributed by atoms with Crippen LogP contribution in [0.5, 0.6) is 0 Å². The van der Waals surface area contributed by atoms with Gasteiger partial charge in [0.15, 0.2) is 17.5 Å². The van der Waals surface area contributed by atoms with E-state index in [-0.39, 0.29) is 17.3 Å². The predicted octanol–water partition coefficient (Wildman–Crippen LogP) is 1.93. The maximum atomic E-state index is 13.5. The number of nitrogens with zero attached hydrogens (tertiary/aromatic N) is 3. The minimum atomic E-state index is -0.579. The van der Waals surface area contributed by atoms with Crippen molar-refractivity contribution in [3.63, 3.8) is 0 Å². The van der Waals surface area contributed by atoms with Crippen LogP contribution in [0.3, 0.4) is 0 Å². The molecule has 0 spiro atoms. The van der Waals surface area contributed by atoms with Crippen molar-refractivity contribution < 1.29 is 4.39 Å². The maximum Gasteiger partial charge on any atom is 0.187 e. The van der Waals surface area contributed by atoms with Crippen LogP contribution >= 0.6 is 11.6 Å². The van der Waals surface area contributed by atoms with Crippen LogP contribution in [-0.2, 0) is 0 Å². The van der Waals surface area contributed by atoms with Crippen molar-refractivity contribution in [2.24, 2.45) is 5.84 Å². The normalized spacial score (nSPS) is 10.4. The number of nitrogen functional groups attached to an aromatic ring is 1. The zero-order valence-corrected chi connectivity index (χ0v) is 9.66. The molecule has 88 valence electrons. The molecule has 0 atom stereocenters. The van der Waals surface area contributed by atoms with Crippen LogP contribution in [0.25, 0.3) is 11.5 Å². The molecule has 0 aliphatic heterocycles. The third-order valence-corrected chi connectivity index (χ3v) is 2.33. The lowest BCUT2D eigenvalue weighted by molar-refractivity contribution is 0.606. The Balaban J connectivity index is 2.52. The first-order chi connectivity index (χ1) is 8.11. The Hall–Kier alpha value is -1.79. The lowest BCUT2D eigenvalue weighted by Crippen LogP contribution is -2.13. The number of nitrogens with two attached hydrogens (primary N) is 1. The minimum absolute atomic E-state index is 0.0655. The summed E-state index contributed by atoms with van der Waals surface area (Å²) < 4.78 is 13.5. The molecule has 2 aromatic heterocycles. The smallest absolute Gasteiger partial charge is 0.187 e. The fourth-order valence-corrected chi connectivity index (χ4v) is 1.39. The van der Waals surface area contributed by atoms with Crippen LogP contribution < -0.4 is 11.3 Å². The average Bonchev–Trinajstić information content (AvgIpc) is 2.33. The summed E-state index contributed by atoms with van der Waals surface area (Å²) in [6.45, 7) is 1.53. The number of hydrogen-bond donors (Lipinski definition) is 2. The van der Waals surface area contributed by atoms with Gasteiger partial charge in [-0.3, -0.25) is 4.98 Å². The monoisotopic (exact) mass is 253 g/mol. The van der Waals surface area contributed by atoms with Gasteiger partial charge in [-0.05, 0) is 19.1 Å². The largest absolute Gasteiger partial charge is 0.306 e. The minimum Gasteiger partial charge on any atom is -0.306 e. The number of anilines is 1. The summed E-state index contributed by atoms with van der Waals surface area (Å²) in [5.74, 6) is 4.81. The van der Waals surface area contributed by atoms with Gasteiger partial charge in [0.25, 0.3) is 0 Å². The standard InChI is InChI=1S/C10H9ClFN5/c1-5-8(12)10(17-13)16-9(15-5)7-3-2-6(11)4-14-7/h2-4H,13H2,1H3,(H,15,16,17). The fourth-order valence-electron chi connectivity index (χ4n) is 1.28. The van der Waals surface area contributed by atoms with E-state index in [1.54, 1.807) is 12.1 Å². The number of halogens is 2. The summed E-state index contributed by atoms with van der Waals surface area (Å²) in [7, 11) is 0. The van der Waals surface area contributed by atoms with E-state index < -0.39 is 5.82 Å². The van der Waals surface area contributed by atoms with Crippen molar-refractivity contribution >= 4 is 17.4 Å². The van der Waals surface area contributed by atoms with E-state index in [4.69, 9.17) is 17.4 Å². The first kappa shape index (κ1) is 11.7. The molecule has 2 aromatic rings. The van der Waals surface area contributed by atoms with Crippen molar-refractivity contribution in [3.05, 3.63) is 34.9 Å². The molecule has 0 saturated carbocycles. The second-order valence-electron chi connectivity index (χ2n) is 3.30. The topological polar surface area (TPSA) is 76.7 Å². The Kier molecular flexibility index (Phi) is 3.16. The molecule has 17 heavy (non-hydrogen) atoms. The Morgan fingerprint density at radius 1 is 1.35 bits per heavy atom. The average molecular weight is 254 g/mol. The molecule has 0 radical (unpaired) electrons. The first-order valence-corrected chi connectivity index (χ1v) is 5.12. The molecular formula is C10H9ClFN5. The third kappa shape index (κ3) is 2.32. The van der Waals surface area contributed by atoms with Gasteiger partial charge in [-0.2, -0.15) is 0 Å². The molecule has 7 heteroatoms. The Morgan fingerprint density at radius 2 is 2.12 bits per heavy atom. The number of rotatable bonds is 2. The van der Waals surface area contributed by atoms with Crippen LogP contribution in [0.15, 0.2) is 18.3 Å². The number of hydrogen-bond acceptors (Lipinski definition) is 5. The molecule has 2 rings (SSSR count). The Bertz CT molecular complexity index is 543. The summed E-state index contributed by atoms with van der Waals surface area (Å²) in [6, 6.07) is 3.30. The van der Waals surface area contributed by atoms with Crippen LogP contribution in [0.1, 0.15) is 5.69 Å². The molecule has 0 aliphatic rings.